The van der Waals surface area contributed by atoms with Crippen LogP contribution in [0.15, 0.2) is 0 Å². The normalized spacial score (nSPS) is 17.6. The van der Waals surface area contributed by atoms with Crippen molar-refractivity contribution in [1.29, 1.82) is 5.26 Å². The lowest BCUT2D eigenvalue weighted by molar-refractivity contribution is 0.312. The van der Waals surface area contributed by atoms with Gasteiger partial charge in [-0.3, -0.25) is 0 Å². The van der Waals surface area contributed by atoms with Crippen LogP contribution in [0, 0.1) is 11.3 Å². The molecule has 2 aliphatic heterocycles. The molecule has 0 aromatic carbocycles. The van der Waals surface area contributed by atoms with Crippen LogP contribution in [0.4, 0.5) is 11.6 Å². The van der Waals surface area contributed by atoms with Crippen LogP contribution >= 0.6 is 0 Å². The van der Waals surface area contributed by atoms with E-state index >= 15 is 0 Å². The Labute approximate surface area is 151 Å². The number of anilines is 2. The highest BCUT2D eigenvalue weighted by Gasteiger charge is 2.27. The molecule has 1 aromatic rings. The largest absolute Gasteiger partial charge is 0.369 e. The summed E-state index contributed by atoms with van der Waals surface area (Å²) in [6, 6.07) is 2.43. The molecule has 6 heteroatoms. The molecule has 0 spiro atoms. The number of hydrogen-bond acceptors (Lipinski definition) is 6. The summed E-state index contributed by atoms with van der Waals surface area (Å²) >= 11 is 0. The highest BCUT2D eigenvalue weighted by molar-refractivity contribution is 5.67. The summed E-state index contributed by atoms with van der Waals surface area (Å²) in [6.45, 7) is 5.93. The lowest BCUT2D eigenvalue weighted by atomic mass is 9.95. The third kappa shape index (κ3) is 4.05. The van der Waals surface area contributed by atoms with Crippen molar-refractivity contribution in [3.63, 3.8) is 0 Å². The molecule has 3 rings (SSSR count). The minimum atomic E-state index is 0.760. The van der Waals surface area contributed by atoms with Crippen LogP contribution in [0.1, 0.15) is 36.0 Å². The number of pyridine rings is 1. The summed E-state index contributed by atoms with van der Waals surface area (Å²) in [7, 11) is 6.32. The second-order valence-electron chi connectivity index (χ2n) is 7.49. The predicted octanol–water partition coefficient (Wildman–Crippen LogP) is 1.90. The molecule has 0 atom stereocenters. The van der Waals surface area contributed by atoms with Crippen LogP contribution < -0.4 is 10.2 Å². The zero-order valence-corrected chi connectivity index (χ0v) is 15.8. The molecule has 0 saturated carbocycles. The molecule has 0 radical (unpaired) electrons. The summed E-state index contributed by atoms with van der Waals surface area (Å²) in [5.41, 5.74) is 3.24. The Kier molecular flexibility index (Phi) is 5.77. The summed E-state index contributed by atoms with van der Waals surface area (Å²) in [5.74, 6) is 1.89. The van der Waals surface area contributed by atoms with E-state index in [0.29, 0.717) is 0 Å². The highest BCUT2D eigenvalue weighted by atomic mass is 15.2. The van der Waals surface area contributed by atoms with Crippen molar-refractivity contribution in [3.05, 3.63) is 16.7 Å². The Morgan fingerprint density at radius 1 is 1.20 bits per heavy atom. The zero-order valence-electron chi connectivity index (χ0n) is 15.8. The Hall–Kier alpha value is -1.84. The first-order valence-corrected chi connectivity index (χ1v) is 9.38. The van der Waals surface area contributed by atoms with Crippen molar-refractivity contribution in [2.45, 2.75) is 32.2 Å². The van der Waals surface area contributed by atoms with Gasteiger partial charge in [-0.2, -0.15) is 5.26 Å². The topological polar surface area (TPSA) is 58.4 Å². The van der Waals surface area contributed by atoms with Crippen molar-refractivity contribution >= 4 is 11.6 Å². The van der Waals surface area contributed by atoms with Gasteiger partial charge in [0.2, 0.25) is 0 Å². The van der Waals surface area contributed by atoms with E-state index in [1.54, 1.807) is 0 Å². The molecule has 25 heavy (non-hydrogen) atoms. The van der Waals surface area contributed by atoms with Gasteiger partial charge in [0.15, 0.2) is 0 Å². The lowest BCUT2D eigenvalue weighted by Crippen LogP contribution is -2.31. The average Bonchev–Trinajstić information content (AvgIpc) is 3.12. The molecule has 6 nitrogen and oxygen atoms in total. The van der Waals surface area contributed by atoms with Crippen LogP contribution in [0.25, 0.3) is 0 Å². The van der Waals surface area contributed by atoms with Crippen LogP contribution in [0.5, 0.6) is 0 Å². The van der Waals surface area contributed by atoms with Gasteiger partial charge in [0, 0.05) is 38.3 Å². The first kappa shape index (κ1) is 18.0. The molecular formula is C19H30N6. The number of hydrogen-bond donors (Lipinski definition) is 1. The maximum atomic E-state index is 9.78. The van der Waals surface area contributed by atoms with E-state index in [2.05, 4.69) is 47.2 Å². The summed E-state index contributed by atoms with van der Waals surface area (Å²) in [4.78, 5) is 11.9. The van der Waals surface area contributed by atoms with Crippen molar-refractivity contribution in [3.8, 4) is 6.07 Å². The molecule has 0 amide bonds. The van der Waals surface area contributed by atoms with Gasteiger partial charge in [-0.05, 0) is 58.9 Å². The van der Waals surface area contributed by atoms with E-state index in [9.17, 15) is 5.26 Å². The third-order valence-corrected chi connectivity index (χ3v) is 5.15. The Bertz CT molecular complexity index is 642. The second kappa shape index (κ2) is 8.03. The standard InChI is InChI=1S/C19H30N6/c1-23(2)9-6-8-21-18-16(13-20)15-7-12-24(3)14-17(15)19(22-18)25-10-4-5-11-25/h4-12,14H2,1-3H3,(H,21,22). The first-order chi connectivity index (χ1) is 12.1. The molecule has 1 fully saturated rings. The minimum absolute atomic E-state index is 0.760. The van der Waals surface area contributed by atoms with E-state index in [1.165, 1.54) is 24.0 Å². The van der Waals surface area contributed by atoms with Crippen LogP contribution in [0.3, 0.4) is 0 Å². The van der Waals surface area contributed by atoms with Gasteiger partial charge < -0.3 is 20.0 Å². The van der Waals surface area contributed by atoms with E-state index in [4.69, 9.17) is 4.98 Å². The van der Waals surface area contributed by atoms with E-state index in [1.807, 2.05) is 0 Å². The first-order valence-electron chi connectivity index (χ1n) is 9.38. The Balaban J connectivity index is 1.91. The fourth-order valence-electron chi connectivity index (χ4n) is 3.79. The fraction of sp³-hybridized carbons (Fsp3) is 0.684. The number of nitrogens with zero attached hydrogens (tertiary/aromatic N) is 5. The molecule has 0 aliphatic carbocycles. The molecule has 136 valence electrons. The molecule has 1 N–H and O–H groups in total. The number of nitrogens with one attached hydrogen (secondary N) is 1. The number of aromatic nitrogens is 1. The van der Waals surface area contributed by atoms with Gasteiger partial charge >= 0.3 is 0 Å². The molecule has 0 unspecified atom stereocenters. The SMILES string of the molecule is CN(C)CCCNc1nc(N2CCCC2)c2c(c1C#N)CCN(C)C2. The van der Waals surface area contributed by atoms with Crippen molar-refractivity contribution in [2.75, 3.05) is 64.1 Å². The quantitative estimate of drug-likeness (QED) is 0.797. The van der Waals surface area contributed by atoms with Gasteiger partial charge in [0.1, 0.15) is 17.7 Å². The molecule has 1 aromatic heterocycles. The second-order valence-corrected chi connectivity index (χ2v) is 7.49. The number of nitriles is 1. The van der Waals surface area contributed by atoms with Crippen molar-refractivity contribution in [1.82, 2.24) is 14.8 Å². The number of fused-ring (bicyclic) bond motifs is 1. The third-order valence-electron chi connectivity index (χ3n) is 5.15. The van der Waals surface area contributed by atoms with Crippen LogP contribution in [0.2, 0.25) is 0 Å². The van der Waals surface area contributed by atoms with Gasteiger partial charge in [0.25, 0.3) is 0 Å². The zero-order chi connectivity index (χ0) is 17.8. The number of likely N-dealkylation sites (N-methyl/N-ethyl adjacent to an activating group) is 1. The smallest absolute Gasteiger partial charge is 0.146 e. The van der Waals surface area contributed by atoms with E-state index in [0.717, 1.165) is 69.3 Å². The molecule has 2 aliphatic rings. The molecule has 3 heterocycles. The maximum Gasteiger partial charge on any atom is 0.146 e. The summed E-state index contributed by atoms with van der Waals surface area (Å²) in [6.07, 6.45) is 4.44. The fourth-order valence-corrected chi connectivity index (χ4v) is 3.79. The summed E-state index contributed by atoms with van der Waals surface area (Å²) in [5, 5.41) is 13.2. The minimum Gasteiger partial charge on any atom is -0.369 e. The molecule has 1 saturated heterocycles. The monoisotopic (exact) mass is 342 g/mol. The van der Waals surface area contributed by atoms with Crippen LogP contribution in [-0.4, -0.2) is 68.7 Å². The van der Waals surface area contributed by atoms with Gasteiger partial charge in [0.05, 0.1) is 5.56 Å². The van der Waals surface area contributed by atoms with Crippen molar-refractivity contribution in [2.24, 2.45) is 0 Å². The average molecular weight is 342 g/mol. The highest BCUT2D eigenvalue weighted by Crippen LogP contribution is 2.34. The van der Waals surface area contributed by atoms with E-state index < -0.39 is 0 Å². The van der Waals surface area contributed by atoms with Gasteiger partial charge in [-0.1, -0.05) is 0 Å². The molecular weight excluding hydrogens is 312 g/mol. The predicted molar refractivity (Wildman–Crippen MR) is 102 cm³/mol. The summed E-state index contributed by atoms with van der Waals surface area (Å²) < 4.78 is 0. The Morgan fingerprint density at radius 3 is 2.64 bits per heavy atom. The lowest BCUT2D eigenvalue weighted by Gasteiger charge is -2.31. The molecule has 0 bridgehead atoms. The van der Waals surface area contributed by atoms with E-state index in [-0.39, 0.29) is 0 Å². The number of rotatable bonds is 6. The van der Waals surface area contributed by atoms with Crippen LogP contribution in [-0.2, 0) is 13.0 Å². The van der Waals surface area contributed by atoms with Crippen molar-refractivity contribution < 1.29 is 0 Å². The van der Waals surface area contributed by atoms with Gasteiger partial charge in [-0.25, -0.2) is 4.98 Å². The maximum absolute atomic E-state index is 9.78. The Morgan fingerprint density at radius 2 is 1.96 bits per heavy atom. The van der Waals surface area contributed by atoms with Gasteiger partial charge in [-0.15, -0.1) is 0 Å².